The Balaban J connectivity index is 2.41. The Morgan fingerprint density at radius 3 is 2.54 bits per heavy atom. The molecule has 1 unspecified atom stereocenters. The lowest BCUT2D eigenvalue weighted by molar-refractivity contribution is 0.0291. The minimum Gasteiger partial charge on any atom is -0.444 e. The van der Waals surface area contributed by atoms with Crippen molar-refractivity contribution in [3.05, 3.63) is 6.92 Å². The molecule has 3 nitrogen and oxygen atoms in total. The molecular weight excluding hydrogens is 166 g/mol. The molecule has 0 aromatic rings. The number of hydrogen-bond acceptors (Lipinski definition) is 2. The van der Waals surface area contributed by atoms with Crippen LogP contribution in [0.1, 0.15) is 27.2 Å². The number of likely N-dealkylation sites (tertiary alicyclic amines) is 1. The van der Waals surface area contributed by atoms with E-state index >= 15 is 0 Å². The summed E-state index contributed by atoms with van der Waals surface area (Å²) < 4.78 is 5.23. The van der Waals surface area contributed by atoms with E-state index in [0.29, 0.717) is 5.92 Å². The number of amides is 1. The Morgan fingerprint density at radius 1 is 1.54 bits per heavy atom. The summed E-state index contributed by atoms with van der Waals surface area (Å²) in [6, 6.07) is 0. The van der Waals surface area contributed by atoms with E-state index in [0.717, 1.165) is 19.5 Å². The zero-order chi connectivity index (χ0) is 10.1. The lowest BCUT2D eigenvalue weighted by Gasteiger charge is -2.23. The normalized spacial score (nSPS) is 23.3. The van der Waals surface area contributed by atoms with Crippen molar-refractivity contribution < 1.29 is 9.53 Å². The molecule has 0 aromatic carbocycles. The largest absolute Gasteiger partial charge is 0.444 e. The first-order chi connectivity index (χ1) is 5.88. The quantitative estimate of drug-likeness (QED) is 0.539. The third-order valence-electron chi connectivity index (χ3n) is 1.94. The van der Waals surface area contributed by atoms with Gasteiger partial charge in [0.15, 0.2) is 0 Å². The summed E-state index contributed by atoms with van der Waals surface area (Å²) in [6.45, 7) is 11.1. The SMILES string of the molecule is [CH2+]C1CCN(C(=O)OC(C)(C)C)C1. The summed E-state index contributed by atoms with van der Waals surface area (Å²) in [5.74, 6) is 0.368. The van der Waals surface area contributed by atoms with Crippen molar-refractivity contribution in [2.45, 2.75) is 32.8 Å². The molecule has 0 aliphatic carbocycles. The van der Waals surface area contributed by atoms with Crippen LogP contribution in [-0.4, -0.2) is 29.7 Å². The molecule has 0 spiro atoms. The summed E-state index contributed by atoms with van der Waals surface area (Å²) in [6.07, 6.45) is 0.776. The highest BCUT2D eigenvalue weighted by Crippen LogP contribution is 2.18. The summed E-state index contributed by atoms with van der Waals surface area (Å²) in [7, 11) is 0. The predicted molar refractivity (Wildman–Crippen MR) is 51.3 cm³/mol. The molecule has 0 bridgehead atoms. The van der Waals surface area contributed by atoms with E-state index in [1.54, 1.807) is 4.90 Å². The van der Waals surface area contributed by atoms with Gasteiger partial charge in [0.25, 0.3) is 0 Å². The molecule has 1 heterocycles. The van der Waals surface area contributed by atoms with Gasteiger partial charge in [-0.05, 0) is 20.8 Å². The van der Waals surface area contributed by atoms with Gasteiger partial charge in [0, 0.05) is 13.0 Å². The zero-order valence-electron chi connectivity index (χ0n) is 8.67. The molecule has 1 aliphatic heterocycles. The fourth-order valence-electron chi connectivity index (χ4n) is 1.32. The van der Waals surface area contributed by atoms with Crippen molar-refractivity contribution in [1.82, 2.24) is 4.90 Å². The van der Waals surface area contributed by atoms with Crippen LogP contribution >= 0.6 is 0 Å². The fraction of sp³-hybridized carbons (Fsp3) is 0.800. The molecular formula is C10H18NO2+. The minimum atomic E-state index is -0.393. The van der Waals surface area contributed by atoms with Crippen molar-refractivity contribution in [3.8, 4) is 0 Å². The number of hydrogen-bond donors (Lipinski definition) is 0. The molecule has 1 rings (SSSR count). The number of nitrogens with zero attached hydrogens (tertiary/aromatic N) is 1. The predicted octanol–water partition coefficient (Wildman–Crippen LogP) is 2.08. The first kappa shape index (κ1) is 10.2. The highest BCUT2D eigenvalue weighted by Gasteiger charge is 2.30. The van der Waals surface area contributed by atoms with Crippen molar-refractivity contribution in [2.24, 2.45) is 5.92 Å². The Hall–Kier alpha value is -0.860. The van der Waals surface area contributed by atoms with Crippen LogP contribution < -0.4 is 0 Å². The second-order valence-electron chi connectivity index (χ2n) is 4.58. The van der Waals surface area contributed by atoms with Crippen molar-refractivity contribution in [1.29, 1.82) is 0 Å². The minimum absolute atomic E-state index is 0.210. The van der Waals surface area contributed by atoms with Crippen LogP contribution in [0, 0.1) is 12.8 Å². The van der Waals surface area contributed by atoms with Crippen LogP contribution in [0.5, 0.6) is 0 Å². The molecule has 0 aromatic heterocycles. The van der Waals surface area contributed by atoms with Gasteiger partial charge in [-0.1, -0.05) is 0 Å². The third-order valence-corrected chi connectivity index (χ3v) is 1.94. The van der Waals surface area contributed by atoms with Gasteiger partial charge >= 0.3 is 6.09 Å². The molecule has 1 amide bonds. The van der Waals surface area contributed by atoms with E-state index in [1.807, 2.05) is 20.8 Å². The molecule has 1 atom stereocenters. The van der Waals surface area contributed by atoms with Gasteiger partial charge in [-0.3, -0.25) is 0 Å². The van der Waals surface area contributed by atoms with E-state index in [-0.39, 0.29) is 6.09 Å². The maximum absolute atomic E-state index is 11.5. The van der Waals surface area contributed by atoms with Crippen LogP contribution in [0.2, 0.25) is 0 Å². The van der Waals surface area contributed by atoms with Crippen molar-refractivity contribution >= 4 is 6.09 Å². The Bertz CT molecular complexity index is 196. The number of carbonyl (C=O) groups excluding carboxylic acids is 1. The van der Waals surface area contributed by atoms with Crippen LogP contribution in [0.3, 0.4) is 0 Å². The Morgan fingerprint density at radius 2 is 2.15 bits per heavy atom. The average Bonchev–Trinajstić information content (AvgIpc) is 2.31. The molecule has 13 heavy (non-hydrogen) atoms. The first-order valence-corrected chi connectivity index (χ1v) is 4.69. The summed E-state index contributed by atoms with van der Waals surface area (Å²) in [5, 5.41) is 0. The highest BCUT2D eigenvalue weighted by atomic mass is 16.6. The van der Waals surface area contributed by atoms with E-state index in [4.69, 9.17) is 4.74 Å². The Kier molecular flexibility index (Phi) is 2.74. The van der Waals surface area contributed by atoms with Crippen LogP contribution in [0.4, 0.5) is 4.79 Å². The Labute approximate surface area is 80.1 Å². The highest BCUT2D eigenvalue weighted by molar-refractivity contribution is 5.68. The lowest BCUT2D eigenvalue weighted by Crippen LogP contribution is -2.35. The molecule has 1 aliphatic rings. The van der Waals surface area contributed by atoms with Gasteiger partial charge in [0.05, 0.1) is 13.5 Å². The van der Waals surface area contributed by atoms with Crippen LogP contribution in [-0.2, 0) is 4.74 Å². The summed E-state index contributed by atoms with van der Waals surface area (Å²) in [5.41, 5.74) is -0.393. The molecule has 74 valence electrons. The molecule has 1 saturated heterocycles. The smallest absolute Gasteiger partial charge is 0.410 e. The fourth-order valence-corrected chi connectivity index (χ4v) is 1.32. The molecule has 0 radical (unpaired) electrons. The van der Waals surface area contributed by atoms with Crippen molar-refractivity contribution in [2.75, 3.05) is 13.1 Å². The van der Waals surface area contributed by atoms with E-state index in [1.165, 1.54) is 0 Å². The van der Waals surface area contributed by atoms with E-state index < -0.39 is 5.60 Å². The lowest BCUT2D eigenvalue weighted by atomic mass is 10.2. The molecule has 3 heteroatoms. The monoisotopic (exact) mass is 184 g/mol. The number of carbonyl (C=O) groups is 1. The molecule has 1 fully saturated rings. The van der Waals surface area contributed by atoms with Gasteiger partial charge < -0.3 is 9.64 Å². The number of ether oxygens (including phenoxy) is 1. The first-order valence-electron chi connectivity index (χ1n) is 4.69. The number of rotatable bonds is 0. The van der Waals surface area contributed by atoms with Crippen molar-refractivity contribution in [3.63, 3.8) is 0 Å². The zero-order valence-corrected chi connectivity index (χ0v) is 8.67. The van der Waals surface area contributed by atoms with Gasteiger partial charge in [-0.15, -0.1) is 0 Å². The van der Waals surface area contributed by atoms with Crippen LogP contribution in [0.25, 0.3) is 0 Å². The van der Waals surface area contributed by atoms with Crippen LogP contribution in [0.15, 0.2) is 0 Å². The standard InChI is InChI=1S/C10H18NO2/c1-8-5-6-11(7-8)9(12)13-10(2,3)4/h8H,1,5-7H2,2-4H3/q+1. The van der Waals surface area contributed by atoms with Gasteiger partial charge in [0.1, 0.15) is 11.5 Å². The maximum Gasteiger partial charge on any atom is 0.410 e. The topological polar surface area (TPSA) is 29.5 Å². The van der Waals surface area contributed by atoms with Gasteiger partial charge in [-0.25, -0.2) is 4.79 Å². The van der Waals surface area contributed by atoms with E-state index in [2.05, 4.69) is 6.92 Å². The van der Waals surface area contributed by atoms with Gasteiger partial charge in [-0.2, -0.15) is 0 Å². The summed E-state index contributed by atoms with van der Waals surface area (Å²) in [4.78, 5) is 13.2. The second kappa shape index (κ2) is 3.48. The maximum atomic E-state index is 11.5. The molecule has 0 saturated carbocycles. The third kappa shape index (κ3) is 3.17. The second-order valence-corrected chi connectivity index (χ2v) is 4.58. The average molecular weight is 184 g/mol. The van der Waals surface area contributed by atoms with Gasteiger partial charge in [0.2, 0.25) is 0 Å². The molecule has 0 N–H and O–H groups in total. The van der Waals surface area contributed by atoms with E-state index in [9.17, 15) is 4.79 Å². The summed E-state index contributed by atoms with van der Waals surface area (Å²) >= 11 is 0.